The Bertz CT molecular complexity index is 242. The predicted octanol–water partition coefficient (Wildman–Crippen LogP) is 0.605. The Balaban J connectivity index is 1.62. The van der Waals surface area contributed by atoms with Crippen LogP contribution in [0.15, 0.2) is 18.5 Å². The number of aryl methyl sites for hydroxylation is 1. The van der Waals surface area contributed by atoms with Crippen molar-refractivity contribution >= 4 is 0 Å². The third kappa shape index (κ3) is 2.82. The van der Waals surface area contributed by atoms with Crippen molar-refractivity contribution in [2.24, 2.45) is 0 Å². The second-order valence-corrected chi connectivity index (χ2v) is 3.58. The zero-order valence-corrected chi connectivity index (χ0v) is 8.43. The van der Waals surface area contributed by atoms with Crippen molar-refractivity contribution in [2.75, 3.05) is 32.8 Å². The van der Waals surface area contributed by atoms with Crippen LogP contribution in [0.2, 0.25) is 0 Å². The Morgan fingerprint density at radius 3 is 2.79 bits per heavy atom. The van der Waals surface area contributed by atoms with Crippen LogP contribution in [0.5, 0.6) is 0 Å². The molecule has 0 unspecified atom stereocenters. The van der Waals surface area contributed by atoms with Crippen molar-refractivity contribution in [1.29, 1.82) is 0 Å². The Morgan fingerprint density at radius 2 is 2.07 bits per heavy atom. The first-order chi connectivity index (χ1) is 6.95. The highest BCUT2D eigenvalue weighted by Gasteiger charge is 2.08. The SMILES string of the molecule is c1cnn(CCCN2CCOCC2)c1. The highest BCUT2D eigenvalue weighted by Crippen LogP contribution is 1.99. The van der Waals surface area contributed by atoms with Crippen molar-refractivity contribution in [2.45, 2.75) is 13.0 Å². The molecule has 0 aromatic carbocycles. The van der Waals surface area contributed by atoms with E-state index in [0.29, 0.717) is 0 Å². The zero-order valence-electron chi connectivity index (χ0n) is 8.43. The molecule has 0 atom stereocenters. The van der Waals surface area contributed by atoms with Crippen LogP contribution in [0, 0.1) is 0 Å². The molecule has 0 amide bonds. The first-order valence-corrected chi connectivity index (χ1v) is 5.23. The lowest BCUT2D eigenvalue weighted by molar-refractivity contribution is 0.0368. The molecule has 1 aliphatic heterocycles. The summed E-state index contributed by atoms with van der Waals surface area (Å²) in [4.78, 5) is 2.45. The van der Waals surface area contributed by atoms with Gasteiger partial charge >= 0.3 is 0 Å². The average Bonchev–Trinajstić information content (AvgIpc) is 2.72. The van der Waals surface area contributed by atoms with Gasteiger partial charge in [-0.25, -0.2) is 0 Å². The normalized spacial score (nSPS) is 18.6. The minimum atomic E-state index is 0.891. The molecule has 0 radical (unpaired) electrons. The van der Waals surface area contributed by atoms with Gasteiger partial charge in [-0.3, -0.25) is 9.58 Å². The van der Waals surface area contributed by atoms with Crippen LogP contribution in [0.1, 0.15) is 6.42 Å². The molecule has 2 heterocycles. The molecule has 4 heteroatoms. The molecule has 2 rings (SSSR count). The van der Waals surface area contributed by atoms with E-state index in [1.54, 1.807) is 0 Å². The van der Waals surface area contributed by atoms with Gasteiger partial charge in [0.15, 0.2) is 0 Å². The molecule has 0 spiro atoms. The second kappa shape index (κ2) is 5.12. The lowest BCUT2D eigenvalue weighted by atomic mass is 10.3. The van der Waals surface area contributed by atoms with Crippen LogP contribution < -0.4 is 0 Å². The minimum Gasteiger partial charge on any atom is -0.379 e. The molecule has 1 aliphatic rings. The smallest absolute Gasteiger partial charge is 0.0594 e. The monoisotopic (exact) mass is 195 g/mol. The van der Waals surface area contributed by atoms with E-state index in [9.17, 15) is 0 Å². The van der Waals surface area contributed by atoms with Gasteiger partial charge in [0.1, 0.15) is 0 Å². The fourth-order valence-electron chi connectivity index (χ4n) is 1.71. The number of hydrogen-bond acceptors (Lipinski definition) is 3. The maximum absolute atomic E-state index is 5.29. The highest BCUT2D eigenvalue weighted by atomic mass is 16.5. The van der Waals surface area contributed by atoms with Crippen LogP contribution in [-0.4, -0.2) is 47.5 Å². The number of morpholine rings is 1. The molecule has 0 saturated carbocycles. The van der Waals surface area contributed by atoms with E-state index in [1.165, 1.54) is 6.42 Å². The fraction of sp³-hybridized carbons (Fsp3) is 0.700. The number of nitrogens with zero attached hydrogens (tertiary/aromatic N) is 3. The van der Waals surface area contributed by atoms with Gasteiger partial charge in [0.05, 0.1) is 13.2 Å². The van der Waals surface area contributed by atoms with E-state index >= 15 is 0 Å². The Kier molecular flexibility index (Phi) is 3.54. The molecule has 0 N–H and O–H groups in total. The Labute approximate surface area is 84.5 Å². The molecule has 4 nitrogen and oxygen atoms in total. The maximum Gasteiger partial charge on any atom is 0.0594 e. The van der Waals surface area contributed by atoms with E-state index < -0.39 is 0 Å². The third-order valence-corrected chi connectivity index (χ3v) is 2.52. The van der Waals surface area contributed by atoms with Gasteiger partial charge in [0.2, 0.25) is 0 Å². The lowest BCUT2D eigenvalue weighted by Gasteiger charge is -2.26. The van der Waals surface area contributed by atoms with Crippen molar-refractivity contribution in [1.82, 2.24) is 14.7 Å². The molecule has 78 valence electrons. The molecule has 1 aromatic heterocycles. The fourth-order valence-corrected chi connectivity index (χ4v) is 1.71. The maximum atomic E-state index is 5.29. The average molecular weight is 195 g/mol. The molecule has 14 heavy (non-hydrogen) atoms. The number of rotatable bonds is 4. The quantitative estimate of drug-likeness (QED) is 0.705. The Morgan fingerprint density at radius 1 is 1.21 bits per heavy atom. The summed E-state index contributed by atoms with van der Waals surface area (Å²) in [6.07, 6.45) is 5.01. The van der Waals surface area contributed by atoms with Gasteiger partial charge in [-0.15, -0.1) is 0 Å². The summed E-state index contributed by atoms with van der Waals surface area (Å²) in [5.41, 5.74) is 0. The van der Waals surface area contributed by atoms with Gasteiger partial charge in [-0.05, 0) is 12.5 Å². The molecule has 1 saturated heterocycles. The van der Waals surface area contributed by atoms with Crippen LogP contribution in [0.3, 0.4) is 0 Å². The van der Waals surface area contributed by atoms with E-state index in [1.807, 2.05) is 23.1 Å². The van der Waals surface area contributed by atoms with E-state index in [-0.39, 0.29) is 0 Å². The zero-order chi connectivity index (χ0) is 9.64. The summed E-state index contributed by atoms with van der Waals surface area (Å²) < 4.78 is 7.28. The van der Waals surface area contributed by atoms with Gasteiger partial charge in [0, 0.05) is 38.6 Å². The number of aromatic nitrogens is 2. The molecule has 0 bridgehead atoms. The second-order valence-electron chi connectivity index (χ2n) is 3.58. The van der Waals surface area contributed by atoms with Crippen molar-refractivity contribution in [3.63, 3.8) is 0 Å². The molecular formula is C10H17N3O. The Hall–Kier alpha value is -0.870. The number of hydrogen-bond donors (Lipinski definition) is 0. The van der Waals surface area contributed by atoms with Crippen LogP contribution in [-0.2, 0) is 11.3 Å². The third-order valence-electron chi connectivity index (χ3n) is 2.52. The van der Waals surface area contributed by atoms with Crippen molar-refractivity contribution < 1.29 is 4.74 Å². The summed E-state index contributed by atoms with van der Waals surface area (Å²) >= 11 is 0. The summed E-state index contributed by atoms with van der Waals surface area (Å²) in [6, 6.07) is 1.97. The molecular weight excluding hydrogens is 178 g/mol. The van der Waals surface area contributed by atoms with Gasteiger partial charge < -0.3 is 4.74 Å². The summed E-state index contributed by atoms with van der Waals surface area (Å²) in [7, 11) is 0. The van der Waals surface area contributed by atoms with E-state index in [4.69, 9.17) is 4.74 Å². The lowest BCUT2D eigenvalue weighted by Crippen LogP contribution is -2.37. The summed E-state index contributed by atoms with van der Waals surface area (Å²) in [5, 5.41) is 4.17. The van der Waals surface area contributed by atoms with Gasteiger partial charge in [0.25, 0.3) is 0 Å². The van der Waals surface area contributed by atoms with Gasteiger partial charge in [-0.2, -0.15) is 5.10 Å². The largest absolute Gasteiger partial charge is 0.379 e. The topological polar surface area (TPSA) is 30.3 Å². The first-order valence-electron chi connectivity index (χ1n) is 5.23. The van der Waals surface area contributed by atoms with Crippen molar-refractivity contribution in [3.05, 3.63) is 18.5 Å². The van der Waals surface area contributed by atoms with Crippen LogP contribution in [0.25, 0.3) is 0 Å². The van der Waals surface area contributed by atoms with Crippen LogP contribution in [0.4, 0.5) is 0 Å². The standard InChI is InChI=1S/C10H17N3O/c1-3-11-13(5-1)6-2-4-12-7-9-14-10-8-12/h1,3,5H,2,4,6-10H2. The molecule has 1 aromatic rings. The van der Waals surface area contributed by atoms with E-state index in [2.05, 4.69) is 10.00 Å². The summed E-state index contributed by atoms with van der Waals surface area (Å²) in [6.45, 7) is 6.12. The van der Waals surface area contributed by atoms with Crippen molar-refractivity contribution in [3.8, 4) is 0 Å². The predicted molar refractivity (Wildman–Crippen MR) is 54.1 cm³/mol. The summed E-state index contributed by atoms with van der Waals surface area (Å²) in [5.74, 6) is 0. The van der Waals surface area contributed by atoms with Gasteiger partial charge in [-0.1, -0.05) is 0 Å². The van der Waals surface area contributed by atoms with Crippen LogP contribution >= 0.6 is 0 Å². The highest BCUT2D eigenvalue weighted by molar-refractivity contribution is 4.77. The first kappa shape index (κ1) is 9.68. The number of ether oxygens (including phenoxy) is 1. The molecule has 1 fully saturated rings. The van der Waals surface area contributed by atoms with E-state index in [0.717, 1.165) is 39.4 Å². The minimum absolute atomic E-state index is 0.891. The molecule has 0 aliphatic carbocycles.